The van der Waals surface area contributed by atoms with E-state index >= 15 is 0 Å². The topological polar surface area (TPSA) is 42.7 Å². The van der Waals surface area contributed by atoms with Crippen LogP contribution in [0.4, 0.5) is 13.2 Å². The van der Waals surface area contributed by atoms with E-state index in [2.05, 4.69) is 15.5 Å². The van der Waals surface area contributed by atoms with Crippen LogP contribution in [0.2, 0.25) is 0 Å². The summed E-state index contributed by atoms with van der Waals surface area (Å²) in [6.45, 7) is 3.30. The van der Waals surface area contributed by atoms with Crippen molar-refractivity contribution in [3.8, 4) is 0 Å². The van der Waals surface area contributed by atoms with Crippen molar-refractivity contribution in [3.05, 3.63) is 11.6 Å². The minimum Gasteiger partial charge on any atom is -0.312 e. The van der Waals surface area contributed by atoms with Crippen LogP contribution in [0.15, 0.2) is 0 Å². The number of nitrogens with zero attached hydrogens (tertiary/aromatic N) is 3. The van der Waals surface area contributed by atoms with Gasteiger partial charge < -0.3 is 9.88 Å². The number of alkyl halides is 3. The zero-order valence-electron chi connectivity index (χ0n) is 8.88. The summed E-state index contributed by atoms with van der Waals surface area (Å²) in [4.78, 5) is 0. The van der Waals surface area contributed by atoms with Crippen molar-refractivity contribution in [3.63, 3.8) is 0 Å². The van der Waals surface area contributed by atoms with Gasteiger partial charge in [0.2, 0.25) is 0 Å². The van der Waals surface area contributed by atoms with Crippen molar-refractivity contribution in [2.75, 3.05) is 6.54 Å². The molecule has 0 aliphatic carbocycles. The molecule has 0 bridgehead atoms. The Morgan fingerprint density at radius 2 is 2.19 bits per heavy atom. The Kier molecular flexibility index (Phi) is 2.88. The second-order valence-corrected chi connectivity index (χ2v) is 3.92. The summed E-state index contributed by atoms with van der Waals surface area (Å²) in [5.74, 6) is 1.16. The van der Waals surface area contributed by atoms with Crippen LogP contribution in [0.25, 0.3) is 0 Å². The molecule has 1 unspecified atom stereocenters. The van der Waals surface area contributed by atoms with Gasteiger partial charge in [-0.15, -0.1) is 10.2 Å². The first-order valence-corrected chi connectivity index (χ1v) is 5.19. The molecule has 1 aliphatic rings. The second-order valence-electron chi connectivity index (χ2n) is 3.92. The molecular weight excluding hydrogens is 221 g/mol. The summed E-state index contributed by atoms with van der Waals surface area (Å²) >= 11 is 0. The van der Waals surface area contributed by atoms with Crippen LogP contribution < -0.4 is 5.32 Å². The van der Waals surface area contributed by atoms with Gasteiger partial charge in [0.05, 0.1) is 12.5 Å². The molecular formula is C9H13F3N4. The first kappa shape index (κ1) is 11.4. The smallest absolute Gasteiger partial charge is 0.312 e. The third kappa shape index (κ3) is 2.34. The average molecular weight is 234 g/mol. The highest BCUT2D eigenvalue weighted by Gasteiger charge is 2.29. The summed E-state index contributed by atoms with van der Waals surface area (Å²) in [6.07, 6.45) is -5.07. The molecule has 0 radical (unpaired) electrons. The summed E-state index contributed by atoms with van der Waals surface area (Å²) < 4.78 is 38.0. The maximum absolute atomic E-state index is 12.1. The molecule has 90 valence electrons. The number of hydrogen-bond donors (Lipinski definition) is 1. The zero-order valence-corrected chi connectivity index (χ0v) is 8.88. The van der Waals surface area contributed by atoms with Crippen LogP contribution in [0.5, 0.6) is 0 Å². The monoisotopic (exact) mass is 234 g/mol. The lowest BCUT2D eigenvalue weighted by atomic mass is 10.2. The quantitative estimate of drug-likeness (QED) is 0.842. The van der Waals surface area contributed by atoms with E-state index in [1.807, 2.05) is 6.92 Å². The number of aryl methyl sites for hydroxylation is 1. The Hall–Kier alpha value is -1.11. The van der Waals surface area contributed by atoms with Gasteiger partial charge in [-0.25, -0.2) is 0 Å². The van der Waals surface area contributed by atoms with E-state index in [1.165, 1.54) is 0 Å². The normalized spacial score (nSPS) is 20.9. The van der Waals surface area contributed by atoms with Crippen LogP contribution in [-0.4, -0.2) is 27.5 Å². The van der Waals surface area contributed by atoms with Crippen molar-refractivity contribution in [1.82, 2.24) is 20.1 Å². The van der Waals surface area contributed by atoms with Gasteiger partial charge in [-0.3, -0.25) is 0 Å². The number of hydrogen-bond acceptors (Lipinski definition) is 3. The Bertz CT molecular complexity index is 371. The number of nitrogens with one attached hydrogen (secondary N) is 1. The van der Waals surface area contributed by atoms with E-state index in [0.29, 0.717) is 12.4 Å². The summed E-state index contributed by atoms with van der Waals surface area (Å²) in [6, 6.07) is 0.0564. The molecule has 2 heterocycles. The Morgan fingerprint density at radius 1 is 1.44 bits per heavy atom. The van der Waals surface area contributed by atoms with Crippen molar-refractivity contribution in [2.24, 2.45) is 0 Å². The summed E-state index contributed by atoms with van der Waals surface area (Å²) in [5.41, 5.74) is 0. The SMILES string of the molecule is CC1NCCn2c(CCC(F)(F)F)nnc21. The van der Waals surface area contributed by atoms with E-state index in [0.717, 1.165) is 12.4 Å². The molecule has 1 aromatic rings. The van der Waals surface area contributed by atoms with Gasteiger partial charge in [-0.2, -0.15) is 13.2 Å². The van der Waals surface area contributed by atoms with Gasteiger partial charge in [-0.1, -0.05) is 0 Å². The minimum absolute atomic E-state index is 0.0564. The van der Waals surface area contributed by atoms with E-state index in [-0.39, 0.29) is 12.5 Å². The molecule has 0 amide bonds. The van der Waals surface area contributed by atoms with Gasteiger partial charge in [0, 0.05) is 19.5 Å². The molecule has 2 rings (SSSR count). The van der Waals surface area contributed by atoms with E-state index < -0.39 is 12.6 Å². The number of halogens is 3. The Morgan fingerprint density at radius 3 is 2.88 bits per heavy atom. The summed E-state index contributed by atoms with van der Waals surface area (Å²) in [7, 11) is 0. The Labute approximate surface area is 90.9 Å². The first-order valence-electron chi connectivity index (χ1n) is 5.19. The van der Waals surface area contributed by atoms with Gasteiger partial charge >= 0.3 is 6.18 Å². The number of fused-ring (bicyclic) bond motifs is 1. The fraction of sp³-hybridized carbons (Fsp3) is 0.778. The van der Waals surface area contributed by atoms with E-state index in [1.54, 1.807) is 4.57 Å². The lowest BCUT2D eigenvalue weighted by molar-refractivity contribution is -0.134. The lowest BCUT2D eigenvalue weighted by Crippen LogP contribution is -2.32. The standard InChI is InChI=1S/C9H13F3N4/c1-6-8-15-14-7(2-3-9(10,11)12)16(8)5-4-13-6/h6,13H,2-5H2,1H3. The van der Waals surface area contributed by atoms with Crippen LogP contribution in [-0.2, 0) is 13.0 Å². The van der Waals surface area contributed by atoms with Crippen LogP contribution in [0, 0.1) is 0 Å². The molecule has 1 aromatic heterocycles. The molecule has 0 fully saturated rings. The molecule has 4 nitrogen and oxygen atoms in total. The van der Waals surface area contributed by atoms with Gasteiger partial charge in [-0.05, 0) is 6.92 Å². The molecule has 0 spiro atoms. The molecule has 1 aliphatic heterocycles. The van der Waals surface area contributed by atoms with Crippen molar-refractivity contribution < 1.29 is 13.2 Å². The maximum atomic E-state index is 12.1. The highest BCUT2D eigenvalue weighted by molar-refractivity contribution is 5.03. The van der Waals surface area contributed by atoms with Crippen molar-refractivity contribution in [2.45, 2.75) is 38.5 Å². The minimum atomic E-state index is -4.13. The maximum Gasteiger partial charge on any atom is 0.389 e. The van der Waals surface area contributed by atoms with Crippen LogP contribution >= 0.6 is 0 Å². The zero-order chi connectivity index (χ0) is 11.8. The third-order valence-electron chi connectivity index (χ3n) is 2.66. The van der Waals surface area contributed by atoms with Crippen molar-refractivity contribution >= 4 is 0 Å². The third-order valence-corrected chi connectivity index (χ3v) is 2.66. The molecule has 0 saturated heterocycles. The largest absolute Gasteiger partial charge is 0.389 e. The molecule has 0 saturated carbocycles. The first-order chi connectivity index (χ1) is 7.47. The lowest BCUT2D eigenvalue weighted by Gasteiger charge is -2.22. The summed E-state index contributed by atoms with van der Waals surface area (Å²) in [5, 5.41) is 10.9. The molecule has 1 atom stereocenters. The average Bonchev–Trinajstić information content (AvgIpc) is 2.58. The Balaban J connectivity index is 2.11. The van der Waals surface area contributed by atoms with Gasteiger partial charge in [0.25, 0.3) is 0 Å². The predicted octanol–water partition coefficient (Wildman–Crippen LogP) is 1.44. The van der Waals surface area contributed by atoms with E-state index in [4.69, 9.17) is 0 Å². The molecule has 1 N–H and O–H groups in total. The molecule has 16 heavy (non-hydrogen) atoms. The molecule has 7 heteroatoms. The molecule has 0 aromatic carbocycles. The van der Waals surface area contributed by atoms with E-state index in [9.17, 15) is 13.2 Å². The fourth-order valence-electron chi connectivity index (χ4n) is 1.84. The highest BCUT2D eigenvalue weighted by Crippen LogP contribution is 2.23. The predicted molar refractivity (Wildman–Crippen MR) is 50.8 cm³/mol. The second kappa shape index (κ2) is 4.04. The van der Waals surface area contributed by atoms with Gasteiger partial charge in [0.15, 0.2) is 0 Å². The van der Waals surface area contributed by atoms with Crippen LogP contribution in [0.3, 0.4) is 0 Å². The highest BCUT2D eigenvalue weighted by atomic mass is 19.4. The van der Waals surface area contributed by atoms with Gasteiger partial charge in [0.1, 0.15) is 11.6 Å². The fourth-order valence-corrected chi connectivity index (χ4v) is 1.84. The van der Waals surface area contributed by atoms with Crippen LogP contribution in [0.1, 0.15) is 31.0 Å². The number of rotatable bonds is 2. The number of aromatic nitrogens is 3. The van der Waals surface area contributed by atoms with Crippen molar-refractivity contribution in [1.29, 1.82) is 0 Å².